The topological polar surface area (TPSA) is 48.0 Å². The van der Waals surface area contributed by atoms with Crippen LogP contribution < -0.4 is 5.73 Å². The Hall–Kier alpha value is -2.03. The van der Waals surface area contributed by atoms with Gasteiger partial charge < -0.3 is 10.3 Å². The highest BCUT2D eigenvalue weighted by Gasteiger charge is 2.17. The van der Waals surface area contributed by atoms with Crippen molar-refractivity contribution in [3.63, 3.8) is 0 Å². The van der Waals surface area contributed by atoms with Crippen LogP contribution in [-0.2, 0) is 6.54 Å². The Labute approximate surface area is 101 Å². The molecule has 1 heterocycles. The molecular weight excluding hydrogens is 212 g/mol. The molecule has 0 fully saturated rings. The zero-order valence-electron chi connectivity index (χ0n) is 10.1. The van der Waals surface area contributed by atoms with E-state index in [1.807, 2.05) is 54.9 Å². The van der Waals surface area contributed by atoms with E-state index >= 15 is 0 Å². The highest BCUT2D eigenvalue weighted by atomic mass is 16.1. The van der Waals surface area contributed by atoms with Crippen molar-refractivity contribution in [2.45, 2.75) is 20.4 Å². The number of hydrogen-bond donors (Lipinski definition) is 1. The van der Waals surface area contributed by atoms with Crippen molar-refractivity contribution in [2.75, 3.05) is 0 Å². The van der Waals surface area contributed by atoms with Gasteiger partial charge in [-0.3, -0.25) is 4.79 Å². The lowest BCUT2D eigenvalue weighted by Gasteiger charge is -2.02. The summed E-state index contributed by atoms with van der Waals surface area (Å²) in [5.74, 6) is -0.367. The van der Waals surface area contributed by atoms with Gasteiger partial charge in [0, 0.05) is 24.0 Å². The molecule has 0 radical (unpaired) electrons. The van der Waals surface area contributed by atoms with Crippen LogP contribution in [0, 0.1) is 6.92 Å². The van der Waals surface area contributed by atoms with Gasteiger partial charge in [0.15, 0.2) is 0 Å². The Morgan fingerprint density at radius 3 is 2.47 bits per heavy atom. The second-order valence-corrected chi connectivity index (χ2v) is 4.02. The van der Waals surface area contributed by atoms with Gasteiger partial charge in [-0.05, 0) is 19.4 Å². The van der Waals surface area contributed by atoms with E-state index in [1.54, 1.807) is 0 Å². The molecule has 2 rings (SSSR count). The first-order chi connectivity index (χ1) is 8.15. The second-order valence-electron chi connectivity index (χ2n) is 4.02. The first-order valence-electron chi connectivity index (χ1n) is 5.70. The molecule has 1 amide bonds. The van der Waals surface area contributed by atoms with Crippen LogP contribution in [0.15, 0.2) is 36.5 Å². The Morgan fingerprint density at radius 1 is 1.29 bits per heavy atom. The lowest BCUT2D eigenvalue weighted by Crippen LogP contribution is -2.13. The maximum absolute atomic E-state index is 11.6. The quantitative estimate of drug-likeness (QED) is 0.862. The molecule has 0 saturated heterocycles. The average Bonchev–Trinajstić information content (AvgIpc) is 2.67. The molecule has 0 atom stereocenters. The van der Waals surface area contributed by atoms with E-state index in [-0.39, 0.29) is 5.91 Å². The normalized spacial score (nSPS) is 10.5. The van der Waals surface area contributed by atoms with E-state index in [4.69, 9.17) is 5.73 Å². The minimum atomic E-state index is -0.367. The van der Waals surface area contributed by atoms with E-state index in [0.29, 0.717) is 5.56 Å². The molecule has 0 aliphatic heterocycles. The SMILES string of the molecule is CCn1cc(-c2ccccc2)c(C(N)=O)c1C. The van der Waals surface area contributed by atoms with Crippen LogP contribution >= 0.6 is 0 Å². The van der Waals surface area contributed by atoms with Crippen LogP contribution in [0.1, 0.15) is 23.0 Å². The predicted octanol–water partition coefficient (Wildman–Crippen LogP) is 2.58. The van der Waals surface area contributed by atoms with Crippen molar-refractivity contribution < 1.29 is 4.79 Å². The summed E-state index contributed by atoms with van der Waals surface area (Å²) in [6.07, 6.45) is 1.99. The van der Waals surface area contributed by atoms with Gasteiger partial charge in [0.25, 0.3) is 5.91 Å². The first-order valence-corrected chi connectivity index (χ1v) is 5.70. The summed E-state index contributed by atoms with van der Waals surface area (Å²) in [6, 6.07) is 9.84. The highest BCUT2D eigenvalue weighted by molar-refractivity contribution is 6.01. The maximum atomic E-state index is 11.6. The van der Waals surface area contributed by atoms with Crippen molar-refractivity contribution in [2.24, 2.45) is 5.73 Å². The first kappa shape index (κ1) is 11.5. The summed E-state index contributed by atoms with van der Waals surface area (Å²) in [5, 5.41) is 0. The van der Waals surface area contributed by atoms with Crippen LogP contribution in [0.3, 0.4) is 0 Å². The fraction of sp³-hybridized carbons (Fsp3) is 0.214. The molecular formula is C14H16N2O. The van der Waals surface area contributed by atoms with Crippen molar-refractivity contribution >= 4 is 5.91 Å². The zero-order valence-corrected chi connectivity index (χ0v) is 10.1. The smallest absolute Gasteiger partial charge is 0.251 e. The Bertz CT molecular complexity index is 541. The maximum Gasteiger partial charge on any atom is 0.251 e. The largest absolute Gasteiger partial charge is 0.366 e. The van der Waals surface area contributed by atoms with E-state index < -0.39 is 0 Å². The standard InChI is InChI=1S/C14H16N2O/c1-3-16-9-12(11-7-5-4-6-8-11)13(10(16)2)14(15)17/h4-9H,3H2,1-2H3,(H2,15,17). The Kier molecular flexibility index (Phi) is 3.00. The molecule has 0 aliphatic rings. The molecule has 1 aromatic carbocycles. The molecule has 2 N–H and O–H groups in total. The van der Waals surface area contributed by atoms with E-state index in [9.17, 15) is 4.79 Å². The number of aryl methyl sites for hydroxylation is 1. The van der Waals surface area contributed by atoms with Crippen molar-refractivity contribution in [1.29, 1.82) is 0 Å². The van der Waals surface area contributed by atoms with Gasteiger partial charge in [-0.25, -0.2) is 0 Å². The van der Waals surface area contributed by atoms with Gasteiger partial charge in [0.2, 0.25) is 0 Å². The van der Waals surface area contributed by atoms with Crippen LogP contribution in [0.25, 0.3) is 11.1 Å². The summed E-state index contributed by atoms with van der Waals surface area (Å²) in [4.78, 5) is 11.6. The van der Waals surface area contributed by atoms with Gasteiger partial charge >= 0.3 is 0 Å². The Morgan fingerprint density at radius 2 is 1.94 bits per heavy atom. The highest BCUT2D eigenvalue weighted by Crippen LogP contribution is 2.27. The van der Waals surface area contributed by atoms with E-state index in [1.165, 1.54) is 0 Å². The molecule has 0 bridgehead atoms. The third-order valence-corrected chi connectivity index (χ3v) is 3.02. The number of hydrogen-bond acceptors (Lipinski definition) is 1. The molecule has 17 heavy (non-hydrogen) atoms. The number of carbonyl (C=O) groups is 1. The number of aromatic nitrogens is 1. The summed E-state index contributed by atoms with van der Waals surface area (Å²) in [7, 11) is 0. The molecule has 0 aliphatic carbocycles. The fourth-order valence-electron chi connectivity index (χ4n) is 2.13. The lowest BCUT2D eigenvalue weighted by molar-refractivity contribution is 0.1000. The number of benzene rings is 1. The van der Waals surface area contributed by atoms with Gasteiger partial charge in [-0.1, -0.05) is 30.3 Å². The monoisotopic (exact) mass is 228 g/mol. The van der Waals surface area contributed by atoms with Crippen LogP contribution in [0.5, 0.6) is 0 Å². The molecule has 3 heteroatoms. The van der Waals surface area contributed by atoms with Crippen LogP contribution in [-0.4, -0.2) is 10.5 Å². The second kappa shape index (κ2) is 4.45. The molecule has 0 unspecified atom stereocenters. The van der Waals surface area contributed by atoms with Gasteiger partial charge in [-0.2, -0.15) is 0 Å². The summed E-state index contributed by atoms with van der Waals surface area (Å²) in [6.45, 7) is 4.81. The molecule has 1 aromatic heterocycles. The minimum Gasteiger partial charge on any atom is -0.366 e. The summed E-state index contributed by atoms with van der Waals surface area (Å²) in [5.41, 5.74) is 8.96. The van der Waals surface area contributed by atoms with Gasteiger partial charge in [0.1, 0.15) is 0 Å². The fourth-order valence-corrected chi connectivity index (χ4v) is 2.13. The van der Waals surface area contributed by atoms with Crippen molar-refractivity contribution in [3.8, 4) is 11.1 Å². The molecule has 0 spiro atoms. The van der Waals surface area contributed by atoms with Crippen molar-refractivity contribution in [1.82, 2.24) is 4.57 Å². The van der Waals surface area contributed by atoms with Gasteiger partial charge in [-0.15, -0.1) is 0 Å². The van der Waals surface area contributed by atoms with Crippen molar-refractivity contribution in [3.05, 3.63) is 47.8 Å². The molecule has 0 saturated carbocycles. The number of carbonyl (C=O) groups excluding carboxylic acids is 1. The summed E-state index contributed by atoms with van der Waals surface area (Å²) >= 11 is 0. The molecule has 88 valence electrons. The average molecular weight is 228 g/mol. The zero-order chi connectivity index (χ0) is 12.4. The third-order valence-electron chi connectivity index (χ3n) is 3.02. The summed E-state index contributed by atoms with van der Waals surface area (Å²) < 4.78 is 2.04. The Balaban J connectivity index is 2.65. The van der Waals surface area contributed by atoms with E-state index in [2.05, 4.69) is 0 Å². The minimum absolute atomic E-state index is 0.367. The number of primary amides is 1. The van der Waals surface area contributed by atoms with Gasteiger partial charge in [0.05, 0.1) is 5.56 Å². The number of rotatable bonds is 3. The number of nitrogens with zero attached hydrogens (tertiary/aromatic N) is 1. The lowest BCUT2D eigenvalue weighted by atomic mass is 10.0. The van der Waals surface area contributed by atoms with Crippen LogP contribution in [0.2, 0.25) is 0 Å². The van der Waals surface area contributed by atoms with E-state index in [0.717, 1.165) is 23.4 Å². The molecule has 2 aromatic rings. The number of nitrogens with two attached hydrogens (primary N) is 1. The third kappa shape index (κ3) is 1.96. The predicted molar refractivity (Wildman–Crippen MR) is 68.8 cm³/mol. The molecule has 3 nitrogen and oxygen atoms in total. The van der Waals surface area contributed by atoms with Crippen LogP contribution in [0.4, 0.5) is 0 Å². The number of amides is 1.